The van der Waals surface area contributed by atoms with Crippen LogP contribution in [0.1, 0.15) is 83.0 Å². The van der Waals surface area contributed by atoms with Gasteiger partial charge >= 0.3 is 0 Å². The first-order valence-electron chi connectivity index (χ1n) is 24.6. The monoisotopic (exact) mass is 853 g/mol. The number of hydrogen-bond donors (Lipinski definition) is 0. The van der Waals surface area contributed by atoms with E-state index in [2.05, 4.69) is 216 Å². The van der Waals surface area contributed by atoms with Crippen LogP contribution in [-0.4, -0.2) is 11.3 Å². The summed E-state index contributed by atoms with van der Waals surface area (Å²) in [4.78, 5) is 0. The lowest BCUT2D eigenvalue weighted by Crippen LogP contribution is -2.55. The molecule has 4 aliphatic carbocycles. The lowest BCUT2D eigenvalue weighted by atomic mass is 9.34. The van der Waals surface area contributed by atoms with Gasteiger partial charge in [0.1, 0.15) is 0 Å². The highest BCUT2D eigenvalue weighted by Crippen LogP contribution is 2.66. The summed E-state index contributed by atoms with van der Waals surface area (Å²) in [6.45, 7) is 13.8. The van der Waals surface area contributed by atoms with Gasteiger partial charge in [0.2, 0.25) is 6.71 Å². The van der Waals surface area contributed by atoms with Crippen LogP contribution in [0.15, 0.2) is 170 Å². The fourth-order valence-corrected chi connectivity index (χ4v) is 14.7. The standard InChI is InChI=1S/C64H60BN/c1-41-29-43(3)61(44(4)30-41)65(62-45(5)31-42(2)32-46(62)6)55-16-12-15-52(35-55)51-14-11-13-50(34-51)49-21-23-53(24-22-49)63-36-47-33-48(37-63)39-64(38-47,40-63)54-25-27-56(28-26-54)66-59-19-9-7-17-57(59)58-18-8-10-20-60(58)66/h7-32,34-35,47-48H,33,36-40H2,1-6H3. The second-order valence-corrected chi connectivity index (χ2v) is 21.3. The highest BCUT2D eigenvalue weighted by molar-refractivity contribution is 6.96. The molecule has 4 bridgehead atoms. The zero-order valence-electron chi connectivity index (χ0n) is 39.6. The van der Waals surface area contributed by atoms with E-state index in [1.54, 1.807) is 11.1 Å². The van der Waals surface area contributed by atoms with E-state index in [-0.39, 0.29) is 17.5 Å². The van der Waals surface area contributed by atoms with Crippen LogP contribution >= 0.6 is 0 Å². The molecule has 0 aliphatic heterocycles. The normalized spacial score (nSPS) is 20.9. The molecule has 1 heterocycles. The fourth-order valence-electron chi connectivity index (χ4n) is 14.7. The summed E-state index contributed by atoms with van der Waals surface area (Å²) in [7, 11) is 0. The fraction of sp³-hybridized carbons (Fsp3) is 0.250. The summed E-state index contributed by atoms with van der Waals surface area (Å²) < 4.78 is 2.46. The smallest absolute Gasteiger partial charge is 0.242 e. The number of rotatable bonds is 8. The second kappa shape index (κ2) is 15.6. The Bertz CT molecular complexity index is 3180. The van der Waals surface area contributed by atoms with E-state index in [4.69, 9.17) is 0 Å². The van der Waals surface area contributed by atoms with Crippen LogP contribution in [0.4, 0.5) is 0 Å². The molecule has 2 unspecified atom stereocenters. The van der Waals surface area contributed by atoms with E-state index in [0.29, 0.717) is 0 Å². The van der Waals surface area contributed by atoms with Crippen LogP contribution in [-0.2, 0) is 10.8 Å². The molecular formula is C64H60BN. The third-order valence-electron chi connectivity index (χ3n) is 16.7. The molecule has 1 aromatic heterocycles. The summed E-state index contributed by atoms with van der Waals surface area (Å²) in [5.74, 6) is 1.60. The Labute approximate surface area is 392 Å². The van der Waals surface area contributed by atoms with E-state index in [9.17, 15) is 0 Å². The molecule has 4 saturated carbocycles. The number of aryl methyl sites for hydroxylation is 6. The van der Waals surface area contributed by atoms with Crippen molar-refractivity contribution >= 4 is 44.9 Å². The molecular weight excluding hydrogens is 794 g/mol. The van der Waals surface area contributed by atoms with Crippen molar-refractivity contribution in [2.45, 2.75) is 90.9 Å². The van der Waals surface area contributed by atoms with Crippen molar-refractivity contribution in [1.82, 2.24) is 4.57 Å². The largest absolute Gasteiger partial charge is 0.309 e. The summed E-state index contributed by atoms with van der Waals surface area (Å²) in [5.41, 5.74) is 24.8. The average Bonchev–Trinajstić information content (AvgIpc) is 3.65. The van der Waals surface area contributed by atoms with Crippen LogP contribution in [0.3, 0.4) is 0 Å². The molecule has 324 valence electrons. The Morgan fingerprint density at radius 2 is 0.864 bits per heavy atom. The van der Waals surface area contributed by atoms with Crippen LogP contribution in [0.2, 0.25) is 0 Å². The maximum atomic E-state index is 2.51. The third kappa shape index (κ3) is 6.74. The summed E-state index contributed by atoms with van der Waals surface area (Å²) >= 11 is 0. The van der Waals surface area contributed by atoms with Gasteiger partial charge in [0.25, 0.3) is 0 Å². The maximum absolute atomic E-state index is 2.51. The SMILES string of the molecule is Cc1cc(C)c(B(c2cccc(-c3cccc(-c4ccc(C56CC7CC(C5)CC(c5ccc(-n8c9ccccc9c9ccccc98)cc5)(C7)C6)cc4)c3)c2)c2c(C)cc(C)cc2C)c(C)c1. The van der Waals surface area contributed by atoms with Gasteiger partial charge in [-0.05, 0) is 166 Å². The first-order chi connectivity index (χ1) is 32.0. The molecule has 9 aromatic rings. The van der Waals surface area contributed by atoms with E-state index < -0.39 is 0 Å². The van der Waals surface area contributed by atoms with E-state index in [1.807, 2.05) is 0 Å². The van der Waals surface area contributed by atoms with Crippen molar-refractivity contribution in [3.8, 4) is 27.9 Å². The highest BCUT2D eigenvalue weighted by atomic mass is 15.0. The molecule has 2 atom stereocenters. The minimum atomic E-state index is 0.149. The van der Waals surface area contributed by atoms with Crippen LogP contribution < -0.4 is 16.4 Å². The molecule has 13 rings (SSSR count). The number of aromatic nitrogens is 1. The van der Waals surface area contributed by atoms with Crippen molar-refractivity contribution < 1.29 is 0 Å². The molecule has 0 saturated heterocycles. The predicted octanol–water partition coefficient (Wildman–Crippen LogP) is 14.3. The maximum Gasteiger partial charge on any atom is 0.242 e. The van der Waals surface area contributed by atoms with Crippen LogP contribution in [0.5, 0.6) is 0 Å². The molecule has 2 heteroatoms. The average molecular weight is 854 g/mol. The first kappa shape index (κ1) is 41.1. The number of benzene rings is 8. The van der Waals surface area contributed by atoms with Crippen molar-refractivity contribution in [3.63, 3.8) is 0 Å². The molecule has 1 nitrogen and oxygen atoms in total. The quantitative estimate of drug-likeness (QED) is 0.134. The van der Waals surface area contributed by atoms with Gasteiger partial charge in [-0.25, -0.2) is 0 Å². The van der Waals surface area contributed by atoms with Gasteiger partial charge in [-0.2, -0.15) is 0 Å². The van der Waals surface area contributed by atoms with Crippen LogP contribution in [0, 0.1) is 53.4 Å². The number of para-hydroxylation sites is 2. The Morgan fingerprint density at radius 1 is 0.424 bits per heavy atom. The van der Waals surface area contributed by atoms with Crippen molar-refractivity contribution in [1.29, 1.82) is 0 Å². The third-order valence-corrected chi connectivity index (χ3v) is 16.7. The molecule has 0 N–H and O–H groups in total. The Balaban J connectivity index is 0.845. The van der Waals surface area contributed by atoms with Crippen LogP contribution in [0.25, 0.3) is 49.7 Å². The molecule has 0 spiro atoms. The number of nitrogens with zero attached hydrogens (tertiary/aromatic N) is 1. The minimum Gasteiger partial charge on any atom is -0.309 e. The van der Waals surface area contributed by atoms with Crippen molar-refractivity contribution in [2.24, 2.45) is 11.8 Å². The molecule has 8 aromatic carbocycles. The van der Waals surface area contributed by atoms with Gasteiger partial charge in [-0.1, -0.05) is 189 Å². The number of fused-ring (bicyclic) bond motifs is 3. The van der Waals surface area contributed by atoms with Crippen molar-refractivity contribution in [3.05, 3.63) is 214 Å². The second-order valence-electron chi connectivity index (χ2n) is 21.3. The van der Waals surface area contributed by atoms with E-state index in [1.165, 1.54) is 138 Å². The highest BCUT2D eigenvalue weighted by Gasteiger charge is 2.58. The summed E-state index contributed by atoms with van der Waals surface area (Å²) in [5, 5.41) is 2.64. The molecule has 4 aliphatic rings. The number of hydrogen-bond acceptors (Lipinski definition) is 0. The molecule has 0 radical (unpaired) electrons. The lowest BCUT2D eigenvalue weighted by molar-refractivity contribution is -0.0281. The molecule has 4 fully saturated rings. The Hall–Kier alpha value is -6.38. The summed E-state index contributed by atoms with van der Waals surface area (Å²) in [6.07, 6.45) is 8.00. The molecule has 66 heavy (non-hydrogen) atoms. The zero-order valence-corrected chi connectivity index (χ0v) is 39.6. The minimum absolute atomic E-state index is 0.149. The molecule has 0 amide bonds. The first-order valence-corrected chi connectivity index (χ1v) is 24.6. The zero-order chi connectivity index (χ0) is 44.9. The van der Waals surface area contributed by atoms with Gasteiger partial charge < -0.3 is 4.57 Å². The lowest BCUT2D eigenvalue weighted by Gasteiger charge is -2.63. The topological polar surface area (TPSA) is 4.93 Å². The van der Waals surface area contributed by atoms with Gasteiger partial charge in [-0.3, -0.25) is 0 Å². The summed E-state index contributed by atoms with van der Waals surface area (Å²) in [6, 6.07) is 65.5. The predicted molar refractivity (Wildman–Crippen MR) is 282 cm³/mol. The van der Waals surface area contributed by atoms with Crippen molar-refractivity contribution in [2.75, 3.05) is 0 Å². The van der Waals surface area contributed by atoms with E-state index in [0.717, 1.165) is 11.8 Å². The van der Waals surface area contributed by atoms with Gasteiger partial charge in [0.15, 0.2) is 0 Å². The Kier molecular flexibility index (Phi) is 9.73. The Morgan fingerprint density at radius 3 is 1.38 bits per heavy atom. The van der Waals surface area contributed by atoms with Gasteiger partial charge in [0, 0.05) is 16.5 Å². The van der Waals surface area contributed by atoms with Gasteiger partial charge in [-0.15, -0.1) is 0 Å². The van der Waals surface area contributed by atoms with Gasteiger partial charge in [0.05, 0.1) is 11.0 Å². The van der Waals surface area contributed by atoms with E-state index >= 15 is 0 Å².